The molecule has 1 aliphatic rings. The summed E-state index contributed by atoms with van der Waals surface area (Å²) in [4.78, 5) is 18.5. The van der Waals surface area contributed by atoms with Crippen LogP contribution >= 0.6 is 15.9 Å². The second-order valence-corrected chi connectivity index (χ2v) is 8.41. The Labute approximate surface area is 176 Å². The van der Waals surface area contributed by atoms with Gasteiger partial charge in [-0.1, -0.05) is 64.0 Å². The number of aryl methyl sites for hydroxylation is 1. The Morgan fingerprint density at radius 2 is 1.79 bits per heavy atom. The van der Waals surface area contributed by atoms with Crippen LogP contribution in [0.5, 0.6) is 0 Å². The highest BCUT2D eigenvalue weighted by Crippen LogP contribution is 2.47. The van der Waals surface area contributed by atoms with Gasteiger partial charge in [0.1, 0.15) is 0 Å². The molecule has 0 bridgehead atoms. The number of aliphatic hydroxyl groups is 1. The smallest absolute Gasteiger partial charge is 0.268 e. The van der Waals surface area contributed by atoms with Crippen molar-refractivity contribution in [3.63, 3.8) is 0 Å². The largest absolute Gasteiger partial charge is 0.372 e. The van der Waals surface area contributed by atoms with Crippen LogP contribution in [0.15, 0.2) is 77.4 Å². The summed E-state index contributed by atoms with van der Waals surface area (Å²) in [7, 11) is 0. The van der Waals surface area contributed by atoms with Crippen LogP contribution in [0.1, 0.15) is 22.3 Å². The molecule has 0 aliphatic carbocycles. The van der Waals surface area contributed by atoms with Gasteiger partial charge >= 0.3 is 0 Å². The van der Waals surface area contributed by atoms with E-state index in [0.717, 1.165) is 26.6 Å². The van der Waals surface area contributed by atoms with E-state index in [1.54, 1.807) is 11.1 Å². The number of carbonyl (C=O) groups is 1. The van der Waals surface area contributed by atoms with Gasteiger partial charge in [0, 0.05) is 32.7 Å². The molecule has 2 heterocycles. The van der Waals surface area contributed by atoms with Crippen LogP contribution in [0.25, 0.3) is 10.9 Å². The van der Waals surface area contributed by atoms with Gasteiger partial charge in [0.2, 0.25) is 0 Å². The van der Waals surface area contributed by atoms with Crippen molar-refractivity contribution in [2.24, 2.45) is 0 Å². The van der Waals surface area contributed by atoms with Crippen LogP contribution in [0.2, 0.25) is 0 Å². The third kappa shape index (κ3) is 2.73. The van der Waals surface area contributed by atoms with Crippen molar-refractivity contribution in [2.45, 2.75) is 19.1 Å². The minimum Gasteiger partial charge on any atom is -0.372 e. The molecule has 0 fully saturated rings. The zero-order valence-corrected chi connectivity index (χ0v) is 17.4. The predicted octanol–water partition coefficient (Wildman–Crippen LogP) is 5.02. The van der Waals surface area contributed by atoms with Gasteiger partial charge < -0.3 is 15.0 Å². The van der Waals surface area contributed by atoms with Crippen molar-refractivity contribution in [1.29, 1.82) is 0 Å². The maximum atomic E-state index is 13.7. The average molecular weight is 447 g/mol. The molecule has 4 aromatic rings. The van der Waals surface area contributed by atoms with E-state index in [2.05, 4.69) is 20.9 Å². The van der Waals surface area contributed by atoms with Gasteiger partial charge in [-0.3, -0.25) is 4.79 Å². The fourth-order valence-electron chi connectivity index (χ4n) is 4.12. The van der Waals surface area contributed by atoms with E-state index < -0.39 is 5.60 Å². The lowest BCUT2D eigenvalue weighted by molar-refractivity contribution is -0.132. The minimum absolute atomic E-state index is 0.337. The fourth-order valence-corrected chi connectivity index (χ4v) is 4.48. The Bertz CT molecular complexity index is 1250. The number of amides is 1. The summed E-state index contributed by atoms with van der Waals surface area (Å²) in [6.07, 6.45) is 1.74. The first kappa shape index (κ1) is 18.2. The molecular formula is C24H19BrN2O2. The van der Waals surface area contributed by atoms with Gasteiger partial charge in [-0.15, -0.1) is 0 Å². The van der Waals surface area contributed by atoms with E-state index in [4.69, 9.17) is 0 Å². The third-order valence-electron chi connectivity index (χ3n) is 5.63. The predicted molar refractivity (Wildman–Crippen MR) is 118 cm³/mol. The SMILES string of the molecule is Cc1ccc(CN2C(=O)C(O)(c3c[nH]c4ccccc34)c3cc(Br)ccc32)cc1. The molecule has 5 rings (SSSR count). The lowest BCUT2D eigenvalue weighted by Crippen LogP contribution is -2.40. The summed E-state index contributed by atoms with van der Waals surface area (Å²) in [5, 5.41) is 12.7. The van der Waals surface area contributed by atoms with Gasteiger partial charge in [-0.05, 0) is 36.8 Å². The van der Waals surface area contributed by atoms with Crippen molar-refractivity contribution < 1.29 is 9.90 Å². The third-order valence-corrected chi connectivity index (χ3v) is 6.13. The molecule has 1 amide bonds. The maximum absolute atomic E-state index is 13.7. The van der Waals surface area contributed by atoms with Crippen molar-refractivity contribution in [2.75, 3.05) is 4.90 Å². The number of benzene rings is 3. The van der Waals surface area contributed by atoms with E-state index >= 15 is 0 Å². The lowest BCUT2D eigenvalue weighted by Gasteiger charge is -2.23. The maximum Gasteiger partial charge on any atom is 0.268 e. The molecular weight excluding hydrogens is 428 g/mol. The van der Waals surface area contributed by atoms with Gasteiger partial charge in [0.05, 0.1) is 12.2 Å². The van der Waals surface area contributed by atoms with Gasteiger partial charge in [0.15, 0.2) is 5.60 Å². The second-order valence-electron chi connectivity index (χ2n) is 7.50. The molecule has 1 atom stereocenters. The molecule has 1 unspecified atom stereocenters. The molecule has 0 radical (unpaired) electrons. The van der Waals surface area contributed by atoms with Crippen LogP contribution in [0, 0.1) is 6.92 Å². The summed E-state index contributed by atoms with van der Waals surface area (Å²) in [5.74, 6) is -0.337. The van der Waals surface area contributed by atoms with Crippen LogP contribution in [0.3, 0.4) is 0 Å². The average Bonchev–Trinajstić information content (AvgIpc) is 3.24. The zero-order valence-electron chi connectivity index (χ0n) is 15.8. The normalized spacial score (nSPS) is 18.4. The van der Waals surface area contributed by atoms with E-state index in [-0.39, 0.29) is 5.91 Å². The van der Waals surface area contributed by atoms with Crippen molar-refractivity contribution in [3.05, 3.63) is 99.7 Å². The number of hydrogen-bond donors (Lipinski definition) is 2. The number of para-hydroxylation sites is 1. The highest BCUT2D eigenvalue weighted by Gasteiger charge is 2.52. The molecule has 0 saturated heterocycles. The molecule has 1 aromatic heterocycles. The van der Waals surface area contributed by atoms with E-state index in [1.807, 2.05) is 73.7 Å². The number of aromatic amines is 1. The lowest BCUT2D eigenvalue weighted by atomic mass is 9.87. The number of nitrogens with zero attached hydrogens (tertiary/aromatic N) is 1. The first-order valence-electron chi connectivity index (χ1n) is 9.45. The van der Waals surface area contributed by atoms with Crippen molar-refractivity contribution >= 4 is 38.4 Å². The number of H-pyrrole nitrogens is 1. The fraction of sp³-hybridized carbons (Fsp3) is 0.125. The summed E-state index contributed by atoms with van der Waals surface area (Å²) >= 11 is 3.50. The Morgan fingerprint density at radius 1 is 1.03 bits per heavy atom. The molecule has 29 heavy (non-hydrogen) atoms. The quantitative estimate of drug-likeness (QED) is 0.463. The minimum atomic E-state index is -1.75. The Morgan fingerprint density at radius 3 is 2.59 bits per heavy atom. The van der Waals surface area contributed by atoms with Crippen LogP contribution < -0.4 is 4.90 Å². The van der Waals surface area contributed by atoms with Crippen molar-refractivity contribution in [3.8, 4) is 0 Å². The number of rotatable bonds is 3. The highest BCUT2D eigenvalue weighted by molar-refractivity contribution is 9.10. The van der Waals surface area contributed by atoms with E-state index in [0.29, 0.717) is 17.7 Å². The Hall–Kier alpha value is -2.89. The van der Waals surface area contributed by atoms with E-state index in [1.165, 1.54) is 5.56 Å². The molecule has 4 nitrogen and oxygen atoms in total. The molecule has 0 saturated carbocycles. The second kappa shape index (κ2) is 6.58. The van der Waals surface area contributed by atoms with Crippen LogP contribution in [0.4, 0.5) is 5.69 Å². The van der Waals surface area contributed by atoms with Crippen LogP contribution in [-0.4, -0.2) is 16.0 Å². The summed E-state index contributed by atoms with van der Waals surface area (Å²) in [5.41, 5.74) is 3.21. The summed E-state index contributed by atoms with van der Waals surface area (Å²) in [6.45, 7) is 2.44. The number of nitrogens with one attached hydrogen (secondary N) is 1. The number of fused-ring (bicyclic) bond motifs is 2. The number of hydrogen-bond acceptors (Lipinski definition) is 2. The summed E-state index contributed by atoms with van der Waals surface area (Å²) in [6, 6.07) is 21.4. The monoisotopic (exact) mass is 446 g/mol. The number of anilines is 1. The first-order chi connectivity index (χ1) is 14.0. The topological polar surface area (TPSA) is 56.3 Å². The number of aromatic nitrogens is 1. The van der Waals surface area contributed by atoms with Crippen LogP contribution in [-0.2, 0) is 16.9 Å². The molecule has 3 aromatic carbocycles. The molecule has 1 aliphatic heterocycles. The molecule has 0 spiro atoms. The first-order valence-corrected chi connectivity index (χ1v) is 10.2. The Balaban J connectivity index is 1.68. The Kier molecular flexibility index (Phi) is 4.12. The standard InChI is InChI=1S/C24H19BrN2O2/c1-15-6-8-16(9-7-15)14-27-22-11-10-17(25)12-19(22)24(29,23(27)28)20-13-26-21-5-3-2-4-18(20)21/h2-13,26,29H,14H2,1H3. The van der Waals surface area contributed by atoms with E-state index in [9.17, 15) is 9.90 Å². The van der Waals surface area contributed by atoms with Crippen molar-refractivity contribution in [1.82, 2.24) is 4.98 Å². The molecule has 2 N–H and O–H groups in total. The number of carbonyl (C=O) groups excluding carboxylic acids is 1. The van der Waals surface area contributed by atoms with Gasteiger partial charge in [-0.2, -0.15) is 0 Å². The van der Waals surface area contributed by atoms with Gasteiger partial charge in [-0.25, -0.2) is 0 Å². The molecule has 144 valence electrons. The number of halogens is 1. The highest BCUT2D eigenvalue weighted by atomic mass is 79.9. The molecule has 5 heteroatoms. The summed E-state index contributed by atoms with van der Waals surface area (Å²) < 4.78 is 0.819. The zero-order chi connectivity index (χ0) is 20.2. The van der Waals surface area contributed by atoms with Gasteiger partial charge in [0.25, 0.3) is 5.91 Å².